The molecule has 5 heterocycles. The Labute approximate surface area is 202 Å². The second-order valence-electron chi connectivity index (χ2n) is 8.37. The largest absolute Gasteiger partial charge is 0.343 e. The zero-order valence-corrected chi connectivity index (χ0v) is 19.1. The van der Waals surface area contributed by atoms with Crippen molar-refractivity contribution in [2.24, 2.45) is 0 Å². The van der Waals surface area contributed by atoms with E-state index in [4.69, 9.17) is 0 Å². The Kier molecular flexibility index (Phi) is 5.09. The van der Waals surface area contributed by atoms with Crippen LogP contribution in [0.1, 0.15) is 45.1 Å². The van der Waals surface area contributed by atoms with Crippen LogP contribution in [0.3, 0.4) is 0 Å². The summed E-state index contributed by atoms with van der Waals surface area (Å²) in [5, 5.41) is 22.2. The van der Waals surface area contributed by atoms with E-state index in [1.807, 2.05) is 4.57 Å². The number of imide groups is 1. The molecule has 6 rings (SSSR count). The highest BCUT2D eigenvalue weighted by atomic mass is 32.2. The molecule has 1 aromatic carbocycles. The van der Waals surface area contributed by atoms with Gasteiger partial charge in [0.1, 0.15) is 6.04 Å². The van der Waals surface area contributed by atoms with Gasteiger partial charge >= 0.3 is 0 Å². The summed E-state index contributed by atoms with van der Waals surface area (Å²) in [6.45, 7) is 1.30. The Morgan fingerprint density at radius 3 is 2.94 bits per heavy atom. The number of amides is 4. The molecule has 1 saturated heterocycles. The number of nitrogens with zero attached hydrogens (tertiary/aromatic N) is 7. The van der Waals surface area contributed by atoms with Crippen LogP contribution >= 0.6 is 11.8 Å². The van der Waals surface area contributed by atoms with Crippen molar-refractivity contribution in [1.82, 2.24) is 45.3 Å². The first-order valence-electron chi connectivity index (χ1n) is 11.0. The van der Waals surface area contributed by atoms with Crippen LogP contribution in [0.4, 0.5) is 0 Å². The Morgan fingerprint density at radius 1 is 1.20 bits per heavy atom. The summed E-state index contributed by atoms with van der Waals surface area (Å²) >= 11 is 1.63. The van der Waals surface area contributed by atoms with Gasteiger partial charge in [-0.05, 0) is 30.2 Å². The van der Waals surface area contributed by atoms with Crippen molar-refractivity contribution in [3.05, 3.63) is 47.0 Å². The van der Waals surface area contributed by atoms with Crippen LogP contribution in [0, 0.1) is 0 Å². The molecule has 4 amide bonds. The van der Waals surface area contributed by atoms with Gasteiger partial charge in [-0.1, -0.05) is 17.0 Å². The van der Waals surface area contributed by atoms with Crippen molar-refractivity contribution in [3.63, 3.8) is 0 Å². The first kappa shape index (κ1) is 21.5. The van der Waals surface area contributed by atoms with Gasteiger partial charge in [-0.2, -0.15) is 0 Å². The van der Waals surface area contributed by atoms with E-state index in [1.54, 1.807) is 30.0 Å². The summed E-state index contributed by atoms with van der Waals surface area (Å²) in [5.74, 6) is 0.211. The second-order valence-corrected chi connectivity index (χ2v) is 9.43. The summed E-state index contributed by atoms with van der Waals surface area (Å²) in [7, 11) is 0. The Morgan fingerprint density at radius 2 is 2.09 bits per heavy atom. The van der Waals surface area contributed by atoms with Crippen molar-refractivity contribution < 1.29 is 19.2 Å². The lowest BCUT2D eigenvalue weighted by molar-refractivity contribution is -0.136. The lowest BCUT2D eigenvalue weighted by Crippen LogP contribution is -2.52. The topological polar surface area (TPSA) is 157 Å². The van der Waals surface area contributed by atoms with Crippen molar-refractivity contribution in [3.8, 4) is 5.69 Å². The Bertz CT molecular complexity index is 1400. The summed E-state index contributed by atoms with van der Waals surface area (Å²) in [6, 6.07) is 4.48. The maximum absolute atomic E-state index is 12.9. The van der Waals surface area contributed by atoms with Crippen molar-refractivity contribution in [2.75, 3.05) is 5.75 Å². The highest BCUT2D eigenvalue weighted by molar-refractivity contribution is 7.99. The first-order valence-corrected chi connectivity index (χ1v) is 12.0. The van der Waals surface area contributed by atoms with Crippen LogP contribution in [-0.2, 0) is 29.2 Å². The van der Waals surface area contributed by atoms with Crippen LogP contribution in [0.15, 0.2) is 29.6 Å². The number of nitrogens with one attached hydrogen (secondary N) is 2. The average molecular weight is 494 g/mol. The van der Waals surface area contributed by atoms with E-state index in [9.17, 15) is 19.2 Å². The smallest absolute Gasteiger partial charge is 0.273 e. The molecule has 0 aliphatic carbocycles. The van der Waals surface area contributed by atoms with Gasteiger partial charge < -0.3 is 14.8 Å². The molecule has 1 unspecified atom stereocenters. The molecular weight excluding hydrogens is 474 g/mol. The molecule has 178 valence electrons. The van der Waals surface area contributed by atoms with Gasteiger partial charge in [0, 0.05) is 30.8 Å². The van der Waals surface area contributed by atoms with Gasteiger partial charge in [-0.25, -0.2) is 4.68 Å². The van der Waals surface area contributed by atoms with Crippen molar-refractivity contribution >= 4 is 35.4 Å². The molecule has 14 heteroatoms. The number of carbonyl (C=O) groups is 4. The van der Waals surface area contributed by atoms with Crippen LogP contribution in [0.2, 0.25) is 0 Å². The molecule has 2 aromatic heterocycles. The number of thioether (sulfide) groups is 1. The minimum atomic E-state index is -0.678. The van der Waals surface area contributed by atoms with E-state index in [-0.39, 0.29) is 42.9 Å². The fourth-order valence-corrected chi connectivity index (χ4v) is 5.36. The third kappa shape index (κ3) is 3.75. The van der Waals surface area contributed by atoms with Crippen molar-refractivity contribution in [1.29, 1.82) is 0 Å². The third-order valence-electron chi connectivity index (χ3n) is 6.24. The number of carbonyl (C=O) groups excluding carboxylic acids is 4. The second kappa shape index (κ2) is 8.30. The molecule has 0 radical (unpaired) electrons. The van der Waals surface area contributed by atoms with E-state index >= 15 is 0 Å². The Balaban J connectivity index is 1.15. The predicted octanol–water partition coefficient (Wildman–Crippen LogP) is -0.344. The maximum atomic E-state index is 12.9. The predicted molar refractivity (Wildman–Crippen MR) is 119 cm³/mol. The molecule has 3 aliphatic rings. The SMILES string of the molecule is O=C1CCC(N2Cc3cc(-n4cc(C(=O)NCc5nnc6n5CCS6)nn4)ccc3C2=O)C(=O)N1. The highest BCUT2D eigenvalue weighted by Crippen LogP contribution is 2.29. The van der Waals surface area contributed by atoms with Crippen molar-refractivity contribution in [2.45, 2.75) is 43.7 Å². The van der Waals surface area contributed by atoms with Gasteiger partial charge in [0.25, 0.3) is 11.8 Å². The summed E-state index contributed by atoms with van der Waals surface area (Å²) in [5.41, 5.74) is 2.00. The van der Waals surface area contributed by atoms with Crippen LogP contribution in [0.5, 0.6) is 0 Å². The highest BCUT2D eigenvalue weighted by Gasteiger charge is 2.39. The maximum Gasteiger partial charge on any atom is 0.273 e. The molecule has 13 nitrogen and oxygen atoms in total. The minimum absolute atomic E-state index is 0.141. The monoisotopic (exact) mass is 493 g/mol. The quantitative estimate of drug-likeness (QED) is 0.454. The zero-order chi connectivity index (χ0) is 24.1. The molecular formula is C21H19N9O4S. The number of benzene rings is 1. The van der Waals surface area contributed by atoms with Gasteiger partial charge in [0.2, 0.25) is 11.8 Å². The van der Waals surface area contributed by atoms with Gasteiger partial charge in [-0.15, -0.1) is 15.3 Å². The van der Waals surface area contributed by atoms with Gasteiger partial charge in [0.15, 0.2) is 16.7 Å². The number of hydrogen-bond donors (Lipinski definition) is 2. The van der Waals surface area contributed by atoms with Gasteiger partial charge in [0.05, 0.1) is 18.4 Å². The molecule has 2 N–H and O–H groups in total. The third-order valence-corrected chi connectivity index (χ3v) is 7.19. The minimum Gasteiger partial charge on any atom is -0.343 e. The molecule has 0 bridgehead atoms. The molecule has 1 fully saturated rings. The lowest BCUT2D eigenvalue weighted by Gasteiger charge is -2.29. The van der Waals surface area contributed by atoms with E-state index in [0.29, 0.717) is 23.5 Å². The average Bonchev–Trinajstić information content (AvgIpc) is 3.62. The molecule has 3 aliphatic heterocycles. The van der Waals surface area contributed by atoms with E-state index in [0.717, 1.165) is 23.0 Å². The fourth-order valence-electron chi connectivity index (χ4n) is 4.46. The molecule has 3 aromatic rings. The Hall–Kier alpha value is -4.07. The standard InChI is InChI=1S/C21H19N9O4S/c31-17-4-3-15(19(33)23-17)29-9-11-7-12(1-2-13(11)20(29)34)30-10-14(24-27-30)18(32)22-8-16-25-26-21-28(16)5-6-35-21/h1-2,7,10,15H,3-6,8-9H2,(H,22,32)(H,23,31,33). The lowest BCUT2D eigenvalue weighted by atomic mass is 10.0. The first-order chi connectivity index (χ1) is 17.0. The summed E-state index contributed by atoms with van der Waals surface area (Å²) in [6.07, 6.45) is 2.01. The number of piperidine rings is 1. The number of hydrogen-bond acceptors (Lipinski definition) is 9. The molecule has 0 spiro atoms. The summed E-state index contributed by atoms with van der Waals surface area (Å²) in [4.78, 5) is 50.6. The number of rotatable bonds is 5. The molecule has 35 heavy (non-hydrogen) atoms. The van der Waals surface area contributed by atoms with Gasteiger partial charge in [-0.3, -0.25) is 24.5 Å². The van der Waals surface area contributed by atoms with Crippen LogP contribution < -0.4 is 10.6 Å². The molecule has 1 atom stereocenters. The van der Waals surface area contributed by atoms with Crippen LogP contribution in [0.25, 0.3) is 5.69 Å². The fraction of sp³-hybridized carbons (Fsp3) is 0.333. The normalized spacial score (nSPS) is 19.0. The van der Waals surface area contributed by atoms with E-state index < -0.39 is 11.9 Å². The van der Waals surface area contributed by atoms with Crippen LogP contribution in [-0.4, -0.2) is 70.1 Å². The zero-order valence-electron chi connectivity index (χ0n) is 18.3. The van der Waals surface area contributed by atoms with E-state index in [1.165, 1.54) is 15.8 Å². The number of fused-ring (bicyclic) bond motifs is 2. The summed E-state index contributed by atoms with van der Waals surface area (Å²) < 4.78 is 3.44. The molecule has 0 saturated carbocycles. The van der Waals surface area contributed by atoms with E-state index in [2.05, 4.69) is 31.1 Å². The number of aromatic nitrogens is 6.